The van der Waals surface area contributed by atoms with Gasteiger partial charge in [-0.15, -0.1) is 0 Å². The van der Waals surface area contributed by atoms with Crippen molar-refractivity contribution in [2.24, 2.45) is 0 Å². The van der Waals surface area contributed by atoms with Crippen molar-refractivity contribution in [2.75, 3.05) is 17.3 Å². The summed E-state index contributed by atoms with van der Waals surface area (Å²) >= 11 is 1.44. The lowest BCUT2D eigenvalue weighted by molar-refractivity contribution is -0.764. The molecule has 0 saturated carbocycles. The van der Waals surface area contributed by atoms with E-state index in [0.717, 1.165) is 29.9 Å². The number of rotatable bonds is 7. The number of anilines is 1. The lowest BCUT2D eigenvalue weighted by Crippen LogP contribution is -2.58. The molecule has 1 amide bonds. The van der Waals surface area contributed by atoms with Gasteiger partial charge in [-0.05, 0) is 49.2 Å². The van der Waals surface area contributed by atoms with E-state index in [2.05, 4.69) is 18.8 Å². The number of carbonyl (C=O) groups is 1. The Hall–Kier alpha value is -3.13. The van der Waals surface area contributed by atoms with E-state index in [-0.39, 0.29) is 11.8 Å². The van der Waals surface area contributed by atoms with Crippen molar-refractivity contribution < 1.29 is 19.3 Å². The Kier molecular flexibility index (Phi) is 6.60. The molecule has 1 aliphatic heterocycles. The third-order valence-electron chi connectivity index (χ3n) is 5.14. The summed E-state index contributed by atoms with van der Waals surface area (Å²) in [6.07, 6.45) is 1.26. The number of aromatic nitrogens is 3. The van der Waals surface area contributed by atoms with Crippen molar-refractivity contribution in [2.45, 2.75) is 44.9 Å². The fraction of sp³-hybridized carbons (Fsp3) is 0.333. The molecular weight excluding hydrogens is 424 g/mol. The van der Waals surface area contributed by atoms with Crippen molar-refractivity contribution in [3.05, 3.63) is 54.1 Å². The minimum absolute atomic E-state index is 0.138. The summed E-state index contributed by atoms with van der Waals surface area (Å²) in [6.45, 7) is 6.29. The molecule has 0 fully saturated rings. The summed E-state index contributed by atoms with van der Waals surface area (Å²) in [5.74, 6) is 1.08. The zero-order valence-corrected chi connectivity index (χ0v) is 19.3. The highest BCUT2D eigenvalue weighted by Crippen LogP contribution is 2.41. The minimum atomic E-state index is -0.602. The van der Waals surface area contributed by atoms with E-state index in [4.69, 9.17) is 9.84 Å². The molecule has 8 heteroatoms. The Morgan fingerprint density at radius 2 is 1.91 bits per heavy atom. The van der Waals surface area contributed by atoms with Crippen LogP contribution >= 0.6 is 11.8 Å². The number of fused-ring (bicyclic) bond motifs is 3. The van der Waals surface area contributed by atoms with E-state index in [1.807, 2.05) is 48.5 Å². The highest BCUT2D eigenvalue weighted by atomic mass is 32.2. The van der Waals surface area contributed by atoms with Gasteiger partial charge in [0, 0.05) is 23.3 Å². The smallest absolute Gasteiger partial charge is 0.293 e. The maximum absolute atomic E-state index is 13.1. The molecule has 0 N–H and O–H groups in total. The van der Waals surface area contributed by atoms with E-state index < -0.39 is 6.17 Å². The average Bonchev–Trinajstić information content (AvgIpc) is 2.80. The van der Waals surface area contributed by atoms with Crippen LogP contribution in [0.2, 0.25) is 0 Å². The highest BCUT2D eigenvalue weighted by molar-refractivity contribution is 7.99. The predicted molar refractivity (Wildman–Crippen MR) is 122 cm³/mol. The summed E-state index contributed by atoms with van der Waals surface area (Å²) < 4.78 is 7.37. The second-order valence-electron chi connectivity index (χ2n) is 7.54. The molecule has 1 aromatic heterocycles. The number of benzene rings is 2. The minimum Gasteiger partial charge on any atom is -0.854 e. The first-order valence-electron chi connectivity index (χ1n) is 10.8. The summed E-state index contributed by atoms with van der Waals surface area (Å²) in [4.78, 5) is 18.8. The molecule has 4 rings (SSSR count). The Labute approximate surface area is 192 Å². The van der Waals surface area contributed by atoms with Gasteiger partial charge in [-0.25, -0.2) is 9.88 Å². The van der Waals surface area contributed by atoms with Crippen LogP contribution in [-0.4, -0.2) is 28.3 Å². The normalized spacial score (nSPS) is 14.6. The van der Waals surface area contributed by atoms with Crippen LogP contribution in [0.4, 0.5) is 5.69 Å². The molecule has 0 aliphatic carbocycles. The Balaban J connectivity index is 1.90. The van der Waals surface area contributed by atoms with Gasteiger partial charge in [0.15, 0.2) is 0 Å². The molecule has 2 aromatic carbocycles. The largest absolute Gasteiger partial charge is 0.854 e. The zero-order valence-electron chi connectivity index (χ0n) is 18.4. The van der Waals surface area contributed by atoms with Gasteiger partial charge in [-0.1, -0.05) is 42.4 Å². The molecule has 0 spiro atoms. The van der Waals surface area contributed by atoms with Gasteiger partial charge < -0.3 is 9.84 Å². The van der Waals surface area contributed by atoms with Crippen LogP contribution in [0.1, 0.15) is 45.3 Å². The molecule has 1 atom stereocenters. The summed E-state index contributed by atoms with van der Waals surface area (Å²) in [6, 6.07) is 15.0. The van der Waals surface area contributed by atoms with E-state index >= 15 is 0 Å². The highest BCUT2D eigenvalue weighted by Gasteiger charge is 2.43. The first kappa shape index (κ1) is 22.1. The third-order valence-corrected chi connectivity index (χ3v) is 6.19. The molecule has 0 saturated heterocycles. The van der Waals surface area contributed by atoms with E-state index in [9.17, 15) is 9.90 Å². The van der Waals surface area contributed by atoms with Gasteiger partial charge in [0.05, 0.1) is 23.7 Å². The van der Waals surface area contributed by atoms with Crippen LogP contribution in [0, 0.1) is 0 Å². The lowest BCUT2D eigenvalue weighted by atomic mass is 10.0. The second-order valence-corrected chi connectivity index (χ2v) is 8.60. The number of hydrogen-bond donors (Lipinski definition) is 0. The third kappa shape index (κ3) is 4.14. The summed E-state index contributed by atoms with van der Waals surface area (Å²) in [5.41, 5.74) is 2.54. The molecule has 32 heavy (non-hydrogen) atoms. The molecule has 0 radical (unpaired) electrons. The fourth-order valence-electron chi connectivity index (χ4n) is 3.79. The molecule has 3 aromatic rings. The van der Waals surface area contributed by atoms with Crippen LogP contribution in [-0.2, 0) is 4.79 Å². The van der Waals surface area contributed by atoms with Gasteiger partial charge in [-0.2, -0.15) is 0 Å². The number of carbonyl (C=O) groups excluding carboxylic acids is 1. The first-order chi connectivity index (χ1) is 15.5. The van der Waals surface area contributed by atoms with Crippen molar-refractivity contribution in [3.63, 3.8) is 0 Å². The number of ether oxygens (including phenoxy) is 1. The van der Waals surface area contributed by atoms with Gasteiger partial charge in [0.25, 0.3) is 17.0 Å². The molecule has 0 bridgehead atoms. The number of nitrogens with zero attached hydrogens (tertiary/aromatic N) is 4. The molecule has 1 unspecified atom stereocenters. The molecule has 2 heterocycles. The molecule has 7 nitrogen and oxygen atoms in total. The maximum atomic E-state index is 13.1. The Bertz CT molecular complexity index is 1120. The van der Waals surface area contributed by atoms with Crippen LogP contribution in [0.25, 0.3) is 11.3 Å². The van der Waals surface area contributed by atoms with Crippen molar-refractivity contribution in [3.8, 4) is 22.9 Å². The first-order valence-corrected chi connectivity index (χ1v) is 11.8. The summed E-state index contributed by atoms with van der Waals surface area (Å²) in [5, 5.41) is 18.3. The predicted octanol–water partition coefficient (Wildman–Crippen LogP) is 3.71. The van der Waals surface area contributed by atoms with Crippen molar-refractivity contribution in [1.29, 1.82) is 0 Å². The van der Waals surface area contributed by atoms with Crippen LogP contribution < -0.4 is 19.4 Å². The van der Waals surface area contributed by atoms with E-state index in [0.29, 0.717) is 28.7 Å². The quantitative estimate of drug-likeness (QED) is 0.403. The van der Waals surface area contributed by atoms with Gasteiger partial charge >= 0.3 is 0 Å². The SMILES string of the molecule is CCCOc1ccc(C2N(C(C)=O)c3ccccc3-c3c([O-])nc(SCCC)n[n+]32)cc1. The van der Waals surface area contributed by atoms with Crippen molar-refractivity contribution >= 4 is 23.4 Å². The van der Waals surface area contributed by atoms with Gasteiger partial charge in [0.1, 0.15) is 5.75 Å². The van der Waals surface area contributed by atoms with Crippen LogP contribution in [0.3, 0.4) is 0 Å². The number of para-hydroxylation sites is 1. The second kappa shape index (κ2) is 9.56. The molecular formula is C24H26N4O3S. The summed E-state index contributed by atoms with van der Waals surface area (Å²) in [7, 11) is 0. The average molecular weight is 451 g/mol. The molecule has 166 valence electrons. The zero-order chi connectivity index (χ0) is 22.7. The van der Waals surface area contributed by atoms with E-state index in [1.165, 1.54) is 18.7 Å². The Morgan fingerprint density at radius 1 is 1.16 bits per heavy atom. The number of hydrogen-bond acceptors (Lipinski definition) is 6. The number of amides is 1. The van der Waals surface area contributed by atoms with Crippen LogP contribution in [0.15, 0.2) is 53.7 Å². The van der Waals surface area contributed by atoms with Crippen LogP contribution in [0.5, 0.6) is 11.6 Å². The standard InChI is InChI=1S/C24H26N4O3S/c1-4-14-31-18-12-10-17(11-13-18)23-27(16(3)29)20-9-7-6-8-19(20)21-22(30)25-24(26-28(21)23)32-15-5-2/h6-13,23H,4-5,14-15H2,1-3H3. The lowest BCUT2D eigenvalue weighted by Gasteiger charge is -2.32. The maximum Gasteiger partial charge on any atom is 0.293 e. The van der Waals surface area contributed by atoms with Gasteiger partial charge in [0.2, 0.25) is 5.91 Å². The Morgan fingerprint density at radius 3 is 2.59 bits per heavy atom. The number of thioether (sulfide) groups is 1. The topological polar surface area (TPSA) is 82.3 Å². The van der Waals surface area contributed by atoms with Gasteiger partial charge in [-0.3, -0.25) is 4.79 Å². The monoisotopic (exact) mass is 450 g/mol. The van der Waals surface area contributed by atoms with E-state index in [1.54, 1.807) is 9.58 Å². The fourth-order valence-corrected chi connectivity index (χ4v) is 4.47. The molecule has 1 aliphatic rings. The van der Waals surface area contributed by atoms with Crippen molar-refractivity contribution in [1.82, 2.24) is 10.1 Å².